The second-order valence-corrected chi connectivity index (χ2v) is 11.4. The van der Waals surface area contributed by atoms with Crippen molar-refractivity contribution in [1.29, 1.82) is 0 Å². The normalized spacial score (nSPS) is 15.4. The largest absolute Gasteiger partial charge is 0.269 e. The molecule has 3 heterocycles. The van der Waals surface area contributed by atoms with Gasteiger partial charge in [0, 0.05) is 30.9 Å². The van der Waals surface area contributed by atoms with Crippen LogP contribution in [0.2, 0.25) is 0 Å². The van der Waals surface area contributed by atoms with Crippen molar-refractivity contribution in [3.8, 4) is 11.1 Å². The molecule has 9 heteroatoms. The maximum Gasteiger partial charge on any atom is 0.269 e. The first-order chi connectivity index (χ1) is 15.4. The Morgan fingerprint density at radius 3 is 2.06 bits per heavy atom. The van der Waals surface area contributed by atoms with E-state index in [0.29, 0.717) is 24.1 Å². The Kier molecular flexibility index (Phi) is 5.11. The van der Waals surface area contributed by atoms with Crippen molar-refractivity contribution in [1.82, 2.24) is 13.3 Å². The van der Waals surface area contributed by atoms with E-state index in [2.05, 4.69) is 4.98 Å². The number of hydrogen-bond acceptors (Lipinski definition) is 5. The van der Waals surface area contributed by atoms with Crippen LogP contribution in [0.25, 0.3) is 22.2 Å². The molecule has 2 aromatic heterocycles. The monoisotopic (exact) mass is 467 g/mol. The van der Waals surface area contributed by atoms with Gasteiger partial charge in [-0.05, 0) is 60.4 Å². The molecule has 7 nitrogen and oxygen atoms in total. The van der Waals surface area contributed by atoms with Crippen molar-refractivity contribution in [2.24, 2.45) is 0 Å². The summed E-state index contributed by atoms with van der Waals surface area (Å²) in [5.41, 5.74) is 1.88. The minimum atomic E-state index is -3.79. The SMILES string of the molecule is O=S(=O)(c1ccc(-c2ccnc3c2ccn3S(=O)(=O)c2ccccc2)cc1)N1CCCC1. The van der Waals surface area contributed by atoms with Gasteiger partial charge in [0.05, 0.1) is 9.79 Å². The zero-order valence-corrected chi connectivity index (χ0v) is 18.8. The van der Waals surface area contributed by atoms with Crippen LogP contribution in [0.15, 0.2) is 88.9 Å². The van der Waals surface area contributed by atoms with Gasteiger partial charge in [0.25, 0.3) is 10.0 Å². The molecule has 0 atom stereocenters. The van der Waals surface area contributed by atoms with E-state index in [-0.39, 0.29) is 9.79 Å². The average Bonchev–Trinajstić information content (AvgIpc) is 3.50. The van der Waals surface area contributed by atoms with Crippen LogP contribution in [0.1, 0.15) is 12.8 Å². The van der Waals surface area contributed by atoms with Crippen LogP contribution >= 0.6 is 0 Å². The lowest BCUT2D eigenvalue weighted by atomic mass is 10.0. The molecule has 4 aromatic rings. The average molecular weight is 468 g/mol. The predicted molar refractivity (Wildman–Crippen MR) is 122 cm³/mol. The molecule has 5 rings (SSSR count). The van der Waals surface area contributed by atoms with Gasteiger partial charge in [-0.1, -0.05) is 30.3 Å². The summed E-state index contributed by atoms with van der Waals surface area (Å²) in [5, 5.41) is 0.669. The first-order valence-electron chi connectivity index (χ1n) is 10.3. The van der Waals surface area contributed by atoms with Gasteiger partial charge in [-0.3, -0.25) is 0 Å². The molecule has 0 radical (unpaired) electrons. The number of benzene rings is 2. The number of hydrogen-bond donors (Lipinski definition) is 0. The second-order valence-electron chi connectivity index (χ2n) is 7.66. The summed E-state index contributed by atoms with van der Waals surface area (Å²) in [7, 11) is -7.28. The highest BCUT2D eigenvalue weighted by atomic mass is 32.2. The van der Waals surface area contributed by atoms with Crippen LogP contribution in [0.5, 0.6) is 0 Å². The molecule has 1 aliphatic heterocycles. The Morgan fingerprint density at radius 1 is 0.719 bits per heavy atom. The van der Waals surface area contributed by atoms with E-state index in [1.54, 1.807) is 72.9 Å². The van der Waals surface area contributed by atoms with Crippen molar-refractivity contribution in [3.05, 3.63) is 79.1 Å². The maximum absolute atomic E-state index is 13.1. The quantitative estimate of drug-likeness (QED) is 0.446. The maximum atomic E-state index is 13.1. The first-order valence-corrected chi connectivity index (χ1v) is 13.1. The first kappa shape index (κ1) is 20.9. The minimum Gasteiger partial charge on any atom is -0.237 e. The lowest BCUT2D eigenvalue weighted by molar-refractivity contribution is 0.477. The summed E-state index contributed by atoms with van der Waals surface area (Å²) < 4.78 is 54.4. The Morgan fingerprint density at radius 2 is 1.38 bits per heavy atom. The fourth-order valence-electron chi connectivity index (χ4n) is 4.05. The zero-order chi connectivity index (χ0) is 22.3. The van der Waals surface area contributed by atoms with Gasteiger partial charge in [-0.25, -0.2) is 25.8 Å². The third kappa shape index (κ3) is 3.42. The highest BCUT2D eigenvalue weighted by molar-refractivity contribution is 7.90. The predicted octanol–water partition coefficient (Wildman–Crippen LogP) is 3.72. The molecule has 0 aliphatic carbocycles. The highest BCUT2D eigenvalue weighted by Crippen LogP contribution is 2.31. The van der Waals surface area contributed by atoms with Gasteiger partial charge < -0.3 is 0 Å². The molecular formula is C23H21N3O4S2. The lowest BCUT2D eigenvalue weighted by Crippen LogP contribution is -2.27. The Balaban J connectivity index is 1.55. The molecule has 0 N–H and O–H groups in total. The van der Waals surface area contributed by atoms with Gasteiger partial charge in [-0.2, -0.15) is 4.31 Å². The molecule has 0 saturated carbocycles. The Bertz CT molecular complexity index is 1490. The lowest BCUT2D eigenvalue weighted by Gasteiger charge is -2.15. The Hall–Kier alpha value is -3.01. The van der Waals surface area contributed by atoms with Crippen LogP contribution in [0.4, 0.5) is 0 Å². The molecule has 0 spiro atoms. The summed E-state index contributed by atoms with van der Waals surface area (Å²) in [6, 6.07) is 18.4. The number of rotatable bonds is 5. The number of sulfonamides is 1. The molecule has 1 saturated heterocycles. The van der Waals surface area contributed by atoms with Gasteiger partial charge in [0.15, 0.2) is 5.65 Å². The van der Waals surface area contributed by atoms with E-state index in [0.717, 1.165) is 24.0 Å². The van der Waals surface area contributed by atoms with Crippen LogP contribution in [-0.4, -0.2) is 43.2 Å². The van der Waals surface area contributed by atoms with Crippen LogP contribution in [0.3, 0.4) is 0 Å². The van der Waals surface area contributed by atoms with Gasteiger partial charge in [0.1, 0.15) is 0 Å². The van der Waals surface area contributed by atoms with Crippen LogP contribution in [0, 0.1) is 0 Å². The smallest absolute Gasteiger partial charge is 0.237 e. The zero-order valence-electron chi connectivity index (χ0n) is 17.1. The molecule has 2 aromatic carbocycles. The molecule has 0 bridgehead atoms. The number of nitrogens with zero attached hydrogens (tertiary/aromatic N) is 3. The van der Waals surface area contributed by atoms with E-state index >= 15 is 0 Å². The summed E-state index contributed by atoms with van der Waals surface area (Å²) >= 11 is 0. The highest BCUT2D eigenvalue weighted by Gasteiger charge is 2.27. The molecule has 0 amide bonds. The third-order valence-corrected chi connectivity index (χ3v) is 9.32. The summed E-state index contributed by atoms with van der Waals surface area (Å²) in [6.45, 7) is 1.11. The standard InChI is InChI=1S/C23H21N3O4S2/c27-31(28,25-15-4-5-16-25)20-10-8-18(9-11-20)21-12-14-24-23-22(21)13-17-26(23)32(29,30)19-6-2-1-3-7-19/h1-3,6-14,17H,4-5,15-16H2. The van der Waals surface area contributed by atoms with E-state index in [1.165, 1.54) is 14.5 Å². The van der Waals surface area contributed by atoms with E-state index in [9.17, 15) is 16.8 Å². The number of fused-ring (bicyclic) bond motifs is 1. The fourth-order valence-corrected chi connectivity index (χ4v) is 6.89. The third-order valence-electron chi connectivity index (χ3n) is 5.72. The molecule has 0 unspecified atom stereocenters. The summed E-state index contributed by atoms with van der Waals surface area (Å²) in [6.07, 6.45) is 4.82. The van der Waals surface area contributed by atoms with Gasteiger partial charge >= 0.3 is 0 Å². The van der Waals surface area contributed by atoms with Crippen molar-refractivity contribution >= 4 is 31.1 Å². The topological polar surface area (TPSA) is 89.3 Å². The molecular weight excluding hydrogens is 446 g/mol. The number of aromatic nitrogens is 2. The van der Waals surface area contributed by atoms with Crippen molar-refractivity contribution in [3.63, 3.8) is 0 Å². The summed E-state index contributed by atoms with van der Waals surface area (Å²) in [4.78, 5) is 4.75. The number of pyridine rings is 1. The minimum absolute atomic E-state index is 0.182. The van der Waals surface area contributed by atoms with E-state index in [1.807, 2.05) is 0 Å². The molecule has 1 aliphatic rings. The van der Waals surface area contributed by atoms with Gasteiger partial charge in [0.2, 0.25) is 10.0 Å². The second kappa shape index (κ2) is 7.84. The van der Waals surface area contributed by atoms with Crippen LogP contribution < -0.4 is 0 Å². The Labute approximate surface area is 187 Å². The summed E-state index contributed by atoms with van der Waals surface area (Å²) in [5.74, 6) is 0. The molecule has 32 heavy (non-hydrogen) atoms. The van der Waals surface area contributed by atoms with Gasteiger partial charge in [-0.15, -0.1) is 0 Å². The van der Waals surface area contributed by atoms with E-state index < -0.39 is 20.0 Å². The van der Waals surface area contributed by atoms with Crippen LogP contribution in [-0.2, 0) is 20.0 Å². The van der Waals surface area contributed by atoms with Crippen molar-refractivity contribution < 1.29 is 16.8 Å². The molecule has 1 fully saturated rings. The fraction of sp³-hybridized carbons (Fsp3) is 0.174. The van der Waals surface area contributed by atoms with Crippen molar-refractivity contribution in [2.45, 2.75) is 22.6 Å². The van der Waals surface area contributed by atoms with E-state index in [4.69, 9.17) is 0 Å². The molecule has 164 valence electrons. The van der Waals surface area contributed by atoms with Crippen molar-refractivity contribution in [2.75, 3.05) is 13.1 Å².